The van der Waals surface area contributed by atoms with E-state index in [1.165, 1.54) is 16.9 Å². The fourth-order valence-corrected chi connectivity index (χ4v) is 6.10. The van der Waals surface area contributed by atoms with E-state index in [9.17, 15) is 9.90 Å². The molecule has 0 bridgehead atoms. The van der Waals surface area contributed by atoms with Gasteiger partial charge in [-0.3, -0.25) is 0 Å². The number of aryl methyl sites for hydroxylation is 3. The molecule has 30 heavy (non-hydrogen) atoms. The molecule has 0 saturated carbocycles. The summed E-state index contributed by atoms with van der Waals surface area (Å²) in [5.41, 5.74) is 5.57. The minimum Gasteiger partial charge on any atom is -0.479 e. The van der Waals surface area contributed by atoms with Crippen LogP contribution in [0.15, 0.2) is 12.3 Å². The van der Waals surface area contributed by atoms with Crippen LogP contribution in [0.4, 0.5) is 0 Å². The molecule has 1 aliphatic carbocycles. The van der Waals surface area contributed by atoms with E-state index in [1.54, 1.807) is 24.5 Å². The number of rotatable bonds is 5. The van der Waals surface area contributed by atoms with Crippen molar-refractivity contribution < 1.29 is 14.6 Å². The van der Waals surface area contributed by atoms with Crippen LogP contribution in [0.1, 0.15) is 47.6 Å². The van der Waals surface area contributed by atoms with Crippen molar-refractivity contribution in [2.75, 3.05) is 6.61 Å². The third-order valence-electron chi connectivity index (χ3n) is 5.55. The molecular formula is C21H20N4O3S2. The van der Waals surface area contributed by atoms with Crippen molar-refractivity contribution in [1.29, 1.82) is 0 Å². The molecule has 4 aromatic rings. The highest BCUT2D eigenvalue weighted by molar-refractivity contribution is 7.19. The third kappa shape index (κ3) is 3.08. The predicted molar refractivity (Wildman–Crippen MR) is 117 cm³/mol. The molecule has 5 rings (SSSR count). The van der Waals surface area contributed by atoms with Gasteiger partial charge in [0.25, 0.3) is 0 Å². The fraction of sp³-hybridized carbons (Fsp3) is 0.381. The summed E-state index contributed by atoms with van der Waals surface area (Å²) < 4.78 is 14.2. The zero-order valence-electron chi connectivity index (χ0n) is 16.6. The Balaban J connectivity index is 1.89. The van der Waals surface area contributed by atoms with Crippen LogP contribution in [-0.2, 0) is 22.4 Å². The number of carboxylic acid groups (broad SMARTS) is 1. The molecule has 1 atom stereocenters. The van der Waals surface area contributed by atoms with Crippen LogP contribution in [-0.4, -0.2) is 36.4 Å². The molecule has 1 unspecified atom stereocenters. The van der Waals surface area contributed by atoms with Crippen molar-refractivity contribution in [2.45, 2.75) is 45.6 Å². The summed E-state index contributed by atoms with van der Waals surface area (Å²) in [6.07, 6.45) is 5.00. The Kier molecular flexibility index (Phi) is 4.96. The minimum atomic E-state index is -1.09. The lowest BCUT2D eigenvalue weighted by molar-refractivity contribution is -0.150. The Bertz CT molecular complexity index is 1280. The van der Waals surface area contributed by atoms with Gasteiger partial charge in [0.15, 0.2) is 11.8 Å². The lowest BCUT2D eigenvalue weighted by Gasteiger charge is -2.21. The van der Waals surface area contributed by atoms with Gasteiger partial charge in [-0.05, 0) is 51.2 Å². The summed E-state index contributed by atoms with van der Waals surface area (Å²) in [6.45, 7) is 3.96. The van der Waals surface area contributed by atoms with Crippen LogP contribution >= 0.6 is 23.1 Å². The molecule has 0 spiro atoms. The van der Waals surface area contributed by atoms with Gasteiger partial charge < -0.3 is 9.84 Å². The van der Waals surface area contributed by atoms with Crippen molar-refractivity contribution in [1.82, 2.24) is 18.7 Å². The number of thiophene rings is 1. The molecule has 0 radical (unpaired) electrons. The number of carboxylic acids is 1. The molecule has 154 valence electrons. The average molecular weight is 441 g/mol. The molecule has 1 N–H and O–H groups in total. The molecule has 0 amide bonds. The van der Waals surface area contributed by atoms with E-state index in [4.69, 9.17) is 9.72 Å². The zero-order chi connectivity index (χ0) is 20.8. The number of fused-ring (bicyclic) bond motifs is 4. The average Bonchev–Trinajstić information content (AvgIpc) is 3.34. The third-order valence-corrected chi connectivity index (χ3v) is 7.27. The molecular weight excluding hydrogens is 420 g/mol. The Labute approximate surface area is 181 Å². The van der Waals surface area contributed by atoms with E-state index in [1.807, 2.05) is 13.0 Å². The monoisotopic (exact) mass is 440 g/mol. The van der Waals surface area contributed by atoms with E-state index in [2.05, 4.69) is 13.7 Å². The van der Waals surface area contributed by atoms with E-state index < -0.39 is 12.1 Å². The molecule has 0 fully saturated rings. The largest absolute Gasteiger partial charge is 0.479 e. The number of ether oxygens (including phenoxy) is 1. The Morgan fingerprint density at radius 2 is 2.13 bits per heavy atom. The van der Waals surface area contributed by atoms with Gasteiger partial charge in [0.2, 0.25) is 0 Å². The van der Waals surface area contributed by atoms with Crippen molar-refractivity contribution in [3.05, 3.63) is 34.0 Å². The van der Waals surface area contributed by atoms with Crippen LogP contribution in [0.25, 0.3) is 32.5 Å². The van der Waals surface area contributed by atoms with Crippen LogP contribution in [0.5, 0.6) is 0 Å². The standard InChI is InChI=1S/C21H20N4O3S2/c1-3-28-18(21(26)27)15-10(2)23-20-17(12-6-4-5-7-14(12)29-20)16(15)11-8-13-19(22-9-11)25-30-24-13/h8-9,18H,3-7H2,1-2H3,(H,26,27). The van der Waals surface area contributed by atoms with Gasteiger partial charge in [0, 0.05) is 45.5 Å². The summed E-state index contributed by atoms with van der Waals surface area (Å²) in [7, 11) is 0. The number of nitrogens with zero attached hydrogens (tertiary/aromatic N) is 4. The predicted octanol–water partition coefficient (Wildman–Crippen LogP) is 4.71. The smallest absolute Gasteiger partial charge is 0.337 e. The maximum atomic E-state index is 12.2. The Morgan fingerprint density at radius 3 is 2.93 bits per heavy atom. The van der Waals surface area contributed by atoms with E-state index in [-0.39, 0.29) is 0 Å². The number of hydrogen-bond donors (Lipinski definition) is 1. The summed E-state index contributed by atoms with van der Waals surface area (Å²) in [5, 5.41) is 11.0. The summed E-state index contributed by atoms with van der Waals surface area (Å²) >= 11 is 2.84. The Morgan fingerprint density at radius 1 is 1.30 bits per heavy atom. The van der Waals surface area contributed by atoms with Crippen LogP contribution in [0.2, 0.25) is 0 Å². The van der Waals surface area contributed by atoms with Gasteiger partial charge in [-0.2, -0.15) is 8.75 Å². The number of pyridine rings is 2. The first-order chi connectivity index (χ1) is 14.6. The second kappa shape index (κ2) is 7.64. The lowest BCUT2D eigenvalue weighted by atomic mass is 9.88. The van der Waals surface area contributed by atoms with Gasteiger partial charge >= 0.3 is 5.97 Å². The molecule has 4 heterocycles. The second-order valence-corrected chi connectivity index (χ2v) is 8.99. The van der Waals surface area contributed by atoms with Crippen molar-refractivity contribution in [2.24, 2.45) is 0 Å². The highest BCUT2D eigenvalue weighted by Crippen LogP contribution is 2.45. The molecule has 1 aliphatic rings. The highest BCUT2D eigenvalue weighted by Gasteiger charge is 2.31. The first-order valence-corrected chi connectivity index (χ1v) is 11.5. The van der Waals surface area contributed by atoms with Crippen molar-refractivity contribution in [3.8, 4) is 11.1 Å². The van der Waals surface area contributed by atoms with Crippen LogP contribution in [0, 0.1) is 6.92 Å². The molecule has 0 aliphatic heterocycles. The highest BCUT2D eigenvalue weighted by atomic mass is 32.1. The van der Waals surface area contributed by atoms with Gasteiger partial charge in [-0.15, -0.1) is 11.3 Å². The molecule has 9 heteroatoms. The lowest BCUT2D eigenvalue weighted by Crippen LogP contribution is -2.18. The minimum absolute atomic E-state index is 0.295. The molecule has 0 aromatic carbocycles. The molecule has 7 nitrogen and oxygen atoms in total. The van der Waals surface area contributed by atoms with E-state index in [0.717, 1.165) is 52.3 Å². The molecule has 4 aromatic heterocycles. The number of aromatic nitrogens is 4. The van der Waals surface area contributed by atoms with Crippen LogP contribution < -0.4 is 0 Å². The SMILES string of the molecule is CCOC(C(=O)O)c1c(C)nc2sc3c(c2c1-c1cnc2nsnc2c1)CCCC3. The summed E-state index contributed by atoms with van der Waals surface area (Å²) in [6, 6.07) is 1.95. The van der Waals surface area contributed by atoms with E-state index >= 15 is 0 Å². The topological polar surface area (TPSA) is 98.1 Å². The Hall–Kier alpha value is -2.49. The fourth-order valence-electron chi connectivity index (χ4n) is 4.30. The first-order valence-electron chi connectivity index (χ1n) is 9.96. The van der Waals surface area contributed by atoms with Crippen molar-refractivity contribution >= 4 is 50.4 Å². The normalized spacial score (nSPS) is 14.9. The quantitative estimate of drug-likeness (QED) is 0.480. The van der Waals surface area contributed by atoms with Gasteiger partial charge in [0.1, 0.15) is 10.3 Å². The number of carbonyl (C=O) groups is 1. The number of hydrogen-bond acceptors (Lipinski definition) is 8. The molecule has 0 saturated heterocycles. The van der Waals surface area contributed by atoms with Gasteiger partial charge in [0.05, 0.1) is 11.7 Å². The van der Waals surface area contributed by atoms with Crippen LogP contribution in [0.3, 0.4) is 0 Å². The maximum Gasteiger partial charge on any atom is 0.337 e. The summed E-state index contributed by atoms with van der Waals surface area (Å²) in [4.78, 5) is 23.8. The maximum absolute atomic E-state index is 12.2. The first kappa shape index (κ1) is 19.5. The van der Waals surface area contributed by atoms with Crippen molar-refractivity contribution in [3.63, 3.8) is 0 Å². The second-order valence-electron chi connectivity index (χ2n) is 7.38. The van der Waals surface area contributed by atoms with Gasteiger partial charge in [-0.1, -0.05) is 0 Å². The zero-order valence-corrected chi connectivity index (χ0v) is 18.3. The van der Waals surface area contributed by atoms with Gasteiger partial charge in [-0.25, -0.2) is 14.8 Å². The van der Waals surface area contributed by atoms with E-state index in [0.29, 0.717) is 29.0 Å². The number of aliphatic carboxylic acids is 1. The summed E-state index contributed by atoms with van der Waals surface area (Å²) in [5.74, 6) is -1.02.